The summed E-state index contributed by atoms with van der Waals surface area (Å²) >= 11 is 1.41. The zero-order valence-electron chi connectivity index (χ0n) is 22.0. The van der Waals surface area contributed by atoms with E-state index in [1.165, 1.54) is 44.3 Å². The normalized spacial score (nSPS) is 31.4. The third-order valence-corrected chi connectivity index (χ3v) is 7.60. The number of aliphatic hydroxyl groups is 2. The number of allylic oxidation sites excluding steroid dienone is 2. The van der Waals surface area contributed by atoms with Gasteiger partial charge in [-0.05, 0) is 31.9 Å². The van der Waals surface area contributed by atoms with E-state index in [9.17, 15) is 33.0 Å². The van der Waals surface area contributed by atoms with Crippen molar-refractivity contribution in [3.63, 3.8) is 0 Å². The number of nitrogens with zero attached hydrogens (tertiary/aromatic N) is 1. The van der Waals surface area contributed by atoms with Crippen molar-refractivity contribution in [2.75, 3.05) is 0 Å². The first-order valence-corrected chi connectivity index (χ1v) is 13.0. The van der Waals surface area contributed by atoms with Crippen molar-refractivity contribution in [1.29, 1.82) is 0 Å². The Morgan fingerprint density at radius 3 is 2.46 bits per heavy atom. The van der Waals surface area contributed by atoms with E-state index in [0.717, 1.165) is 11.1 Å². The highest BCUT2D eigenvalue weighted by molar-refractivity contribution is 7.09. The zero-order chi connectivity index (χ0) is 28.1. The smallest absolute Gasteiger partial charge is 0.412 e. The number of ether oxygens (including phenoxy) is 1. The summed E-state index contributed by atoms with van der Waals surface area (Å²) < 4.78 is 46.8. The fourth-order valence-corrected chi connectivity index (χ4v) is 4.74. The third kappa shape index (κ3) is 8.35. The van der Waals surface area contributed by atoms with Crippen LogP contribution in [0.4, 0.5) is 13.2 Å². The quantitative estimate of drug-likeness (QED) is 0.373. The molecule has 0 radical (unpaired) electrons. The van der Waals surface area contributed by atoms with Crippen molar-refractivity contribution in [2.45, 2.75) is 85.3 Å². The van der Waals surface area contributed by atoms with Crippen LogP contribution < -0.4 is 0 Å². The molecule has 5 atom stereocenters. The summed E-state index contributed by atoms with van der Waals surface area (Å²) in [6, 6.07) is 0. The Morgan fingerprint density at radius 2 is 1.89 bits per heavy atom. The van der Waals surface area contributed by atoms with Gasteiger partial charge in [0.2, 0.25) is 0 Å². The number of hydrogen-bond donors (Lipinski definition) is 2. The highest BCUT2D eigenvalue weighted by atomic mass is 32.1. The number of aryl methyl sites for hydroxylation is 1. The van der Waals surface area contributed by atoms with E-state index in [1.54, 1.807) is 25.3 Å². The summed E-state index contributed by atoms with van der Waals surface area (Å²) in [5, 5.41) is 24.0. The molecule has 1 aromatic heterocycles. The van der Waals surface area contributed by atoms with E-state index in [-0.39, 0.29) is 6.42 Å². The minimum absolute atomic E-state index is 0.243. The molecule has 0 saturated carbocycles. The molecule has 0 spiro atoms. The Labute approximate surface area is 219 Å². The van der Waals surface area contributed by atoms with Gasteiger partial charge < -0.3 is 14.9 Å². The maximum absolute atomic E-state index is 13.8. The number of cyclic esters (lactones) is 1. The van der Waals surface area contributed by atoms with Crippen LogP contribution in [0.15, 0.2) is 34.8 Å². The second-order valence-electron chi connectivity index (χ2n) is 10.2. The van der Waals surface area contributed by atoms with Gasteiger partial charge in [-0.15, -0.1) is 11.3 Å². The van der Waals surface area contributed by atoms with E-state index in [0.29, 0.717) is 11.3 Å². The first kappa shape index (κ1) is 30.9. The monoisotopic (exact) mass is 543 g/mol. The fraction of sp³-hybridized carbons (Fsp3) is 0.593. The average Bonchev–Trinajstić information content (AvgIpc) is 3.21. The van der Waals surface area contributed by atoms with Crippen LogP contribution in [-0.2, 0) is 14.3 Å². The SMILES string of the molecule is C/C(=C\c1csc(C)n1)[C@@H]1C/C=C(/C(F)(F)F)C/C=C/[C@H](C)[C@H](O)[C@@H](C)C(=O)C(C)(C)[C@@H](O)CC(=O)O1. The molecule has 2 N–H and O–H groups in total. The molecule has 10 heteroatoms. The van der Waals surface area contributed by atoms with Crippen molar-refractivity contribution < 1.29 is 37.7 Å². The molecule has 0 bridgehead atoms. The molecule has 1 aromatic rings. The van der Waals surface area contributed by atoms with Gasteiger partial charge in [0.25, 0.3) is 0 Å². The van der Waals surface area contributed by atoms with Gasteiger partial charge in [0, 0.05) is 29.2 Å². The van der Waals surface area contributed by atoms with E-state index >= 15 is 0 Å². The van der Waals surface area contributed by atoms with Crippen LogP contribution in [-0.4, -0.2) is 51.4 Å². The number of esters is 1. The van der Waals surface area contributed by atoms with Crippen molar-refractivity contribution in [3.05, 3.63) is 45.5 Å². The average molecular weight is 544 g/mol. The van der Waals surface area contributed by atoms with Crippen LogP contribution in [0.2, 0.25) is 0 Å². The fourth-order valence-electron chi connectivity index (χ4n) is 4.17. The molecule has 0 fully saturated rings. The molecule has 0 unspecified atom stereocenters. The Kier molecular flexibility index (Phi) is 10.4. The molecule has 0 aromatic carbocycles. The molecule has 1 aliphatic rings. The lowest BCUT2D eigenvalue weighted by Crippen LogP contribution is -2.45. The highest BCUT2D eigenvalue weighted by Gasteiger charge is 2.42. The van der Waals surface area contributed by atoms with Crippen LogP contribution in [0.25, 0.3) is 6.08 Å². The van der Waals surface area contributed by atoms with Crippen molar-refractivity contribution in [1.82, 2.24) is 4.98 Å². The molecule has 0 aliphatic carbocycles. The molecule has 2 heterocycles. The largest absolute Gasteiger partial charge is 0.457 e. The maximum atomic E-state index is 13.8. The van der Waals surface area contributed by atoms with Gasteiger partial charge in [-0.2, -0.15) is 13.2 Å². The number of thiazole rings is 1. The number of alkyl halides is 3. The number of hydrogen-bond acceptors (Lipinski definition) is 7. The number of Topliss-reactive ketones (excluding diaryl/α,β-unsaturated/α-hetero) is 1. The summed E-state index contributed by atoms with van der Waals surface area (Å²) in [4.78, 5) is 30.2. The number of carbonyl (C=O) groups excluding carboxylic acids is 2. The molecule has 0 amide bonds. The van der Waals surface area contributed by atoms with Gasteiger partial charge in [-0.3, -0.25) is 9.59 Å². The van der Waals surface area contributed by atoms with Crippen LogP contribution in [0.5, 0.6) is 0 Å². The molecule has 37 heavy (non-hydrogen) atoms. The minimum Gasteiger partial charge on any atom is -0.457 e. The second kappa shape index (κ2) is 12.5. The lowest BCUT2D eigenvalue weighted by molar-refractivity contribution is -0.154. The number of aliphatic hydroxyl groups excluding tert-OH is 2. The molecular formula is C27H36F3NO5S. The van der Waals surface area contributed by atoms with Crippen LogP contribution in [0.1, 0.15) is 64.6 Å². The Balaban J connectivity index is 2.50. The Bertz CT molecular complexity index is 1060. The summed E-state index contributed by atoms with van der Waals surface area (Å²) in [5.41, 5.74) is -1.11. The predicted octanol–water partition coefficient (Wildman–Crippen LogP) is 5.58. The maximum Gasteiger partial charge on any atom is 0.412 e. The van der Waals surface area contributed by atoms with Crippen LogP contribution in [0, 0.1) is 24.2 Å². The number of aromatic nitrogens is 1. The Morgan fingerprint density at radius 1 is 1.24 bits per heavy atom. The lowest BCUT2D eigenvalue weighted by Gasteiger charge is -2.34. The van der Waals surface area contributed by atoms with E-state index in [1.807, 2.05) is 6.92 Å². The summed E-state index contributed by atoms with van der Waals surface area (Å²) in [6.07, 6.45) is -4.04. The molecule has 0 saturated heterocycles. The van der Waals surface area contributed by atoms with E-state index in [4.69, 9.17) is 4.74 Å². The number of rotatable bonds is 2. The zero-order valence-corrected chi connectivity index (χ0v) is 22.8. The van der Waals surface area contributed by atoms with Crippen molar-refractivity contribution in [2.24, 2.45) is 17.3 Å². The lowest BCUT2D eigenvalue weighted by atomic mass is 9.73. The van der Waals surface area contributed by atoms with Crippen LogP contribution >= 0.6 is 11.3 Å². The second-order valence-corrected chi connectivity index (χ2v) is 11.3. The molecule has 206 valence electrons. The molecular weight excluding hydrogens is 507 g/mol. The number of halogens is 3. The van der Waals surface area contributed by atoms with Crippen molar-refractivity contribution >= 4 is 29.2 Å². The standard InChI is InChI=1S/C27H36F3NO5S/c1-15-8-7-9-19(27(28,29)30)10-11-21(16(2)12-20-14-37-18(4)31-20)36-23(33)13-22(32)26(5,6)25(35)17(3)24(15)34/h7-8,10,12,14-15,17,21-22,24,32,34H,9,11,13H2,1-6H3/b8-7+,16-12+,19-10+/t15-,17+,21-,22-,24-/m0/s1. The van der Waals surface area contributed by atoms with Gasteiger partial charge in [-0.25, -0.2) is 4.98 Å². The van der Waals surface area contributed by atoms with Gasteiger partial charge in [0.15, 0.2) is 0 Å². The number of carbonyl (C=O) groups is 2. The first-order valence-electron chi connectivity index (χ1n) is 12.2. The number of ketones is 1. The topological polar surface area (TPSA) is 96.7 Å². The molecule has 2 rings (SSSR count). The highest BCUT2D eigenvalue weighted by Crippen LogP contribution is 2.33. The van der Waals surface area contributed by atoms with E-state index < -0.39 is 71.9 Å². The summed E-state index contributed by atoms with van der Waals surface area (Å²) in [5.74, 6) is -2.85. The Hall–Kier alpha value is -2.30. The molecule has 1 aliphatic heterocycles. The summed E-state index contributed by atoms with van der Waals surface area (Å²) in [7, 11) is 0. The van der Waals surface area contributed by atoms with Gasteiger partial charge >= 0.3 is 12.1 Å². The molecule has 6 nitrogen and oxygen atoms in total. The predicted molar refractivity (Wildman–Crippen MR) is 137 cm³/mol. The third-order valence-electron chi connectivity index (χ3n) is 6.81. The first-order chi connectivity index (χ1) is 17.0. The van der Waals surface area contributed by atoms with Gasteiger partial charge in [0.05, 0.1) is 34.7 Å². The van der Waals surface area contributed by atoms with Crippen molar-refractivity contribution in [3.8, 4) is 0 Å². The van der Waals surface area contributed by atoms with Gasteiger partial charge in [0.1, 0.15) is 11.9 Å². The van der Waals surface area contributed by atoms with Crippen LogP contribution in [0.3, 0.4) is 0 Å². The minimum atomic E-state index is -4.61. The van der Waals surface area contributed by atoms with E-state index in [2.05, 4.69) is 4.98 Å². The summed E-state index contributed by atoms with van der Waals surface area (Å²) in [6.45, 7) is 9.55. The van der Waals surface area contributed by atoms with Gasteiger partial charge in [-0.1, -0.05) is 45.9 Å².